The van der Waals surface area contributed by atoms with E-state index >= 15 is 0 Å². The number of amides is 1. The van der Waals surface area contributed by atoms with Crippen molar-refractivity contribution in [1.82, 2.24) is 29.7 Å². The molecule has 0 radical (unpaired) electrons. The van der Waals surface area contributed by atoms with Crippen molar-refractivity contribution in [2.45, 2.75) is 37.8 Å². The predicted molar refractivity (Wildman–Crippen MR) is 120 cm³/mol. The summed E-state index contributed by atoms with van der Waals surface area (Å²) in [5.74, 6) is -4.08. The molecule has 2 bridgehead atoms. The lowest BCUT2D eigenvalue weighted by Crippen LogP contribution is -2.49. The fraction of sp³-hybridized carbons (Fsp3) is 0.280. The molecule has 178 valence electrons. The van der Waals surface area contributed by atoms with Gasteiger partial charge in [-0.25, -0.2) is 13.2 Å². The highest BCUT2D eigenvalue weighted by molar-refractivity contribution is 5.95. The maximum absolute atomic E-state index is 14.0. The van der Waals surface area contributed by atoms with E-state index in [1.54, 1.807) is 42.3 Å². The number of hydrogen-bond donors (Lipinski definition) is 0. The Bertz CT molecular complexity index is 1420. The van der Waals surface area contributed by atoms with Gasteiger partial charge in [0.1, 0.15) is 0 Å². The van der Waals surface area contributed by atoms with Crippen LogP contribution in [0, 0.1) is 17.5 Å². The minimum Gasteiger partial charge on any atom is -0.327 e. The first-order valence-corrected chi connectivity index (χ1v) is 11.4. The number of nitrogens with zero attached hydrogens (tertiary/aromatic N) is 6. The third-order valence-electron chi connectivity index (χ3n) is 6.91. The zero-order valence-corrected chi connectivity index (χ0v) is 18.8. The minimum atomic E-state index is -1.49. The first kappa shape index (κ1) is 21.6. The summed E-state index contributed by atoms with van der Waals surface area (Å²) >= 11 is 0. The molecule has 2 aliphatic heterocycles. The Morgan fingerprint density at radius 1 is 1.03 bits per heavy atom. The predicted octanol–water partition coefficient (Wildman–Crippen LogP) is 4.38. The van der Waals surface area contributed by atoms with Gasteiger partial charge in [0.25, 0.3) is 5.91 Å². The molecule has 7 nitrogen and oxygen atoms in total. The number of aryl methyl sites for hydroxylation is 1. The van der Waals surface area contributed by atoms with Crippen LogP contribution in [0.25, 0.3) is 16.9 Å². The van der Waals surface area contributed by atoms with Crippen molar-refractivity contribution in [3.8, 4) is 16.9 Å². The van der Waals surface area contributed by atoms with Gasteiger partial charge < -0.3 is 4.90 Å². The van der Waals surface area contributed by atoms with Crippen LogP contribution in [-0.2, 0) is 13.5 Å². The summed E-state index contributed by atoms with van der Waals surface area (Å²) in [5, 5.41) is 12.9. The van der Waals surface area contributed by atoms with Crippen LogP contribution < -0.4 is 0 Å². The van der Waals surface area contributed by atoms with E-state index in [0.717, 1.165) is 42.7 Å². The van der Waals surface area contributed by atoms with E-state index in [9.17, 15) is 18.0 Å². The lowest BCUT2D eigenvalue weighted by Gasteiger charge is -2.45. The van der Waals surface area contributed by atoms with Gasteiger partial charge in [0.2, 0.25) is 0 Å². The van der Waals surface area contributed by atoms with E-state index in [1.807, 2.05) is 11.0 Å². The van der Waals surface area contributed by atoms with Crippen molar-refractivity contribution in [2.24, 2.45) is 7.05 Å². The Hall–Kier alpha value is -3.95. The fourth-order valence-corrected chi connectivity index (χ4v) is 5.46. The fourth-order valence-electron chi connectivity index (χ4n) is 5.46. The number of fused-ring (bicyclic) bond motifs is 4. The number of aromatic nitrogens is 5. The van der Waals surface area contributed by atoms with Gasteiger partial charge in [-0.05, 0) is 56.0 Å². The molecule has 1 saturated heterocycles. The number of benzene rings is 2. The molecular weight excluding hydrogens is 457 g/mol. The number of carbonyl (C=O) groups excluding carboxylic acids is 1. The van der Waals surface area contributed by atoms with Crippen LogP contribution in [0.5, 0.6) is 0 Å². The van der Waals surface area contributed by atoms with Gasteiger partial charge in [-0.3, -0.25) is 9.48 Å². The lowest BCUT2D eigenvalue weighted by atomic mass is 9.81. The molecule has 6 rings (SSSR count). The van der Waals surface area contributed by atoms with E-state index in [4.69, 9.17) is 0 Å². The quantitative estimate of drug-likeness (QED) is 0.410. The van der Waals surface area contributed by atoms with Gasteiger partial charge in [-0.15, -0.1) is 0 Å². The van der Waals surface area contributed by atoms with Crippen LogP contribution in [0.4, 0.5) is 13.2 Å². The molecule has 2 atom stereocenters. The Kier molecular flexibility index (Phi) is 4.98. The molecule has 2 aromatic heterocycles. The second kappa shape index (κ2) is 8.07. The first-order chi connectivity index (χ1) is 16.9. The van der Waals surface area contributed by atoms with Crippen LogP contribution in [0.1, 0.15) is 46.9 Å². The highest BCUT2D eigenvalue weighted by Crippen LogP contribution is 2.45. The summed E-state index contributed by atoms with van der Waals surface area (Å²) in [7, 11) is 1.70. The third-order valence-corrected chi connectivity index (χ3v) is 6.91. The zero-order chi connectivity index (χ0) is 24.3. The molecule has 1 amide bonds. The Morgan fingerprint density at radius 3 is 2.51 bits per heavy atom. The van der Waals surface area contributed by atoms with Gasteiger partial charge in [-0.2, -0.15) is 20.1 Å². The highest BCUT2D eigenvalue weighted by atomic mass is 19.2. The molecule has 35 heavy (non-hydrogen) atoms. The van der Waals surface area contributed by atoms with Gasteiger partial charge in [0, 0.05) is 29.8 Å². The Morgan fingerprint density at radius 2 is 1.77 bits per heavy atom. The second-order valence-corrected chi connectivity index (χ2v) is 8.98. The first-order valence-electron chi connectivity index (χ1n) is 11.4. The summed E-state index contributed by atoms with van der Waals surface area (Å²) in [5.41, 5.74) is 3.57. The second-order valence-electron chi connectivity index (χ2n) is 8.98. The third kappa shape index (κ3) is 3.43. The zero-order valence-electron chi connectivity index (χ0n) is 18.8. The molecule has 0 N–H and O–H groups in total. The standard InChI is InChI=1S/C25H21F3N6O/c1-32-24(15-11-19(26)22(28)20(27)12-15)18-13-16-5-3-7-21(23(18)31-32)33(16)25(35)14-4-2-6-17(10-14)34-29-8-9-30-34/h2,4,6,8-12,16,21H,3,5,7,13H2,1H3. The summed E-state index contributed by atoms with van der Waals surface area (Å²) < 4.78 is 43.2. The number of halogens is 3. The molecule has 4 aromatic rings. The summed E-state index contributed by atoms with van der Waals surface area (Å²) in [4.78, 5) is 17.1. The molecule has 2 unspecified atom stereocenters. The molecule has 0 aliphatic carbocycles. The SMILES string of the molecule is Cn1nc2c(c1-c1cc(F)c(F)c(F)c1)CC1CCCC2N1C(=O)c1cccc(-n2nccn2)c1. The van der Waals surface area contributed by atoms with Gasteiger partial charge in [-0.1, -0.05) is 6.07 Å². The number of carbonyl (C=O) groups is 1. The van der Waals surface area contributed by atoms with E-state index < -0.39 is 17.5 Å². The molecular formula is C25H21F3N6O. The maximum Gasteiger partial charge on any atom is 0.254 e. The van der Waals surface area contributed by atoms with Crippen LogP contribution >= 0.6 is 0 Å². The molecule has 0 spiro atoms. The summed E-state index contributed by atoms with van der Waals surface area (Å²) in [6.45, 7) is 0. The Labute approximate surface area is 198 Å². The maximum atomic E-state index is 14.0. The largest absolute Gasteiger partial charge is 0.327 e. The smallest absolute Gasteiger partial charge is 0.254 e. The highest BCUT2D eigenvalue weighted by Gasteiger charge is 2.43. The van der Waals surface area contributed by atoms with Crippen molar-refractivity contribution < 1.29 is 18.0 Å². The molecule has 10 heteroatoms. The summed E-state index contributed by atoms with van der Waals surface area (Å²) in [6, 6.07) is 8.82. The molecule has 4 heterocycles. The number of hydrogen-bond acceptors (Lipinski definition) is 4. The van der Waals surface area contributed by atoms with Crippen molar-refractivity contribution in [3.05, 3.63) is 83.1 Å². The van der Waals surface area contributed by atoms with E-state index in [-0.39, 0.29) is 23.6 Å². The van der Waals surface area contributed by atoms with Crippen molar-refractivity contribution in [1.29, 1.82) is 0 Å². The Balaban J connectivity index is 1.40. The van der Waals surface area contributed by atoms with Gasteiger partial charge >= 0.3 is 0 Å². The molecule has 1 fully saturated rings. The van der Waals surface area contributed by atoms with Crippen molar-refractivity contribution >= 4 is 5.91 Å². The van der Waals surface area contributed by atoms with Crippen LogP contribution in [0.15, 0.2) is 48.8 Å². The van der Waals surface area contributed by atoms with Crippen LogP contribution in [0.2, 0.25) is 0 Å². The van der Waals surface area contributed by atoms with Crippen LogP contribution in [-0.4, -0.2) is 41.6 Å². The molecule has 2 aromatic carbocycles. The van der Waals surface area contributed by atoms with Crippen LogP contribution in [0.3, 0.4) is 0 Å². The van der Waals surface area contributed by atoms with E-state index in [1.165, 1.54) is 4.80 Å². The minimum absolute atomic E-state index is 0.0849. The van der Waals surface area contributed by atoms with Crippen molar-refractivity contribution in [2.75, 3.05) is 0 Å². The number of rotatable bonds is 3. The van der Waals surface area contributed by atoms with Crippen molar-refractivity contribution in [3.63, 3.8) is 0 Å². The number of piperidine rings is 1. The lowest BCUT2D eigenvalue weighted by molar-refractivity contribution is 0.0392. The van der Waals surface area contributed by atoms with E-state index in [0.29, 0.717) is 23.4 Å². The molecule has 0 saturated carbocycles. The normalized spacial score (nSPS) is 19.0. The van der Waals surface area contributed by atoms with Gasteiger partial charge in [0.15, 0.2) is 17.5 Å². The summed E-state index contributed by atoms with van der Waals surface area (Å²) in [6.07, 6.45) is 6.13. The van der Waals surface area contributed by atoms with E-state index in [2.05, 4.69) is 15.3 Å². The van der Waals surface area contributed by atoms with Gasteiger partial charge in [0.05, 0.1) is 35.5 Å². The average molecular weight is 478 g/mol. The average Bonchev–Trinajstić information content (AvgIpc) is 3.50. The topological polar surface area (TPSA) is 68.8 Å². The monoisotopic (exact) mass is 478 g/mol. The molecule has 2 aliphatic rings.